The maximum Gasteiger partial charge on any atom is 0.237 e. The monoisotopic (exact) mass is 314 g/mol. The second kappa shape index (κ2) is 7.07. The minimum absolute atomic E-state index is 0.0437. The van der Waals surface area contributed by atoms with Gasteiger partial charge in [0.1, 0.15) is 0 Å². The minimum atomic E-state index is 0.0437. The van der Waals surface area contributed by atoms with Crippen LogP contribution < -0.4 is 5.32 Å². The summed E-state index contributed by atoms with van der Waals surface area (Å²) in [5.41, 5.74) is 1.26. The summed E-state index contributed by atoms with van der Waals surface area (Å²) in [5, 5.41) is 2.96. The number of carbonyl (C=O) groups is 1. The summed E-state index contributed by atoms with van der Waals surface area (Å²) in [7, 11) is 0. The van der Waals surface area contributed by atoms with Crippen molar-refractivity contribution >= 4 is 17.2 Å². The van der Waals surface area contributed by atoms with E-state index in [4.69, 9.17) is 0 Å². The second-order valence-corrected chi connectivity index (χ2v) is 6.82. The zero-order valence-corrected chi connectivity index (χ0v) is 13.7. The van der Waals surface area contributed by atoms with Crippen molar-refractivity contribution in [3.8, 4) is 10.4 Å². The second-order valence-electron chi connectivity index (χ2n) is 5.66. The number of nitrogens with zero attached hydrogens (tertiary/aromatic N) is 1. The molecule has 2 heterocycles. The molecule has 3 nitrogen and oxygen atoms in total. The molecule has 1 N–H and O–H groups in total. The Hall–Kier alpha value is -1.65. The van der Waals surface area contributed by atoms with E-state index in [0.717, 1.165) is 25.9 Å². The number of benzene rings is 1. The van der Waals surface area contributed by atoms with E-state index in [1.165, 1.54) is 15.3 Å². The molecule has 4 heteroatoms. The van der Waals surface area contributed by atoms with Crippen LogP contribution in [0.5, 0.6) is 0 Å². The fraction of sp³-hybridized carbons (Fsp3) is 0.389. The highest BCUT2D eigenvalue weighted by Crippen LogP contribution is 2.30. The van der Waals surface area contributed by atoms with Crippen molar-refractivity contribution in [2.24, 2.45) is 0 Å². The van der Waals surface area contributed by atoms with E-state index in [2.05, 4.69) is 46.6 Å². The first-order valence-electron chi connectivity index (χ1n) is 7.94. The third-order valence-electron chi connectivity index (χ3n) is 4.10. The third-order valence-corrected chi connectivity index (χ3v) is 5.22. The molecule has 1 aliphatic heterocycles. The molecule has 3 rings (SSSR count). The SMILES string of the molecule is CCNC(=O)[C@@H]1CCCN1Cc1ccc(-c2ccccc2)s1. The molecule has 1 aromatic carbocycles. The summed E-state index contributed by atoms with van der Waals surface area (Å²) in [6.45, 7) is 4.57. The van der Waals surface area contributed by atoms with Gasteiger partial charge in [0.05, 0.1) is 6.04 Å². The Balaban J connectivity index is 1.68. The van der Waals surface area contributed by atoms with Crippen molar-refractivity contribution in [3.05, 3.63) is 47.3 Å². The zero-order valence-electron chi connectivity index (χ0n) is 12.9. The highest BCUT2D eigenvalue weighted by atomic mass is 32.1. The highest BCUT2D eigenvalue weighted by molar-refractivity contribution is 7.15. The summed E-state index contributed by atoms with van der Waals surface area (Å²) in [4.78, 5) is 17.1. The maximum absolute atomic E-state index is 12.1. The van der Waals surface area contributed by atoms with E-state index in [1.807, 2.05) is 24.3 Å². The number of thiophene rings is 1. The van der Waals surface area contributed by atoms with Crippen LogP contribution in [0.15, 0.2) is 42.5 Å². The molecule has 1 saturated heterocycles. The number of rotatable bonds is 5. The van der Waals surface area contributed by atoms with Crippen LogP contribution in [0, 0.1) is 0 Å². The number of hydrogen-bond donors (Lipinski definition) is 1. The van der Waals surface area contributed by atoms with Gasteiger partial charge in [-0.3, -0.25) is 9.69 Å². The van der Waals surface area contributed by atoms with Gasteiger partial charge in [0.25, 0.3) is 0 Å². The van der Waals surface area contributed by atoms with Crippen LogP contribution in [0.4, 0.5) is 0 Å². The molecular formula is C18H22N2OS. The molecule has 22 heavy (non-hydrogen) atoms. The molecule has 0 saturated carbocycles. The van der Waals surface area contributed by atoms with E-state index < -0.39 is 0 Å². The Bertz CT molecular complexity index is 623. The van der Waals surface area contributed by atoms with Gasteiger partial charge in [-0.1, -0.05) is 30.3 Å². The number of hydrogen-bond acceptors (Lipinski definition) is 3. The topological polar surface area (TPSA) is 32.3 Å². The summed E-state index contributed by atoms with van der Waals surface area (Å²) < 4.78 is 0. The van der Waals surface area contributed by atoms with Crippen LogP contribution in [0.1, 0.15) is 24.6 Å². The smallest absolute Gasteiger partial charge is 0.237 e. The quantitative estimate of drug-likeness (QED) is 0.916. The first-order chi connectivity index (χ1) is 10.8. The van der Waals surface area contributed by atoms with Gasteiger partial charge in [-0.15, -0.1) is 11.3 Å². The number of likely N-dealkylation sites (tertiary alicyclic amines) is 1. The summed E-state index contributed by atoms with van der Waals surface area (Å²) in [5.74, 6) is 0.180. The summed E-state index contributed by atoms with van der Waals surface area (Å²) in [6, 6.07) is 14.9. The molecule has 1 aromatic heterocycles. The predicted molar refractivity (Wildman–Crippen MR) is 91.9 cm³/mol. The molecule has 1 atom stereocenters. The minimum Gasteiger partial charge on any atom is -0.355 e. The van der Waals surface area contributed by atoms with Crippen LogP contribution in [0.2, 0.25) is 0 Å². The van der Waals surface area contributed by atoms with Crippen LogP contribution in [-0.4, -0.2) is 29.9 Å². The first kappa shape index (κ1) is 15.3. The Morgan fingerprint density at radius 3 is 2.86 bits per heavy atom. The molecule has 0 bridgehead atoms. The van der Waals surface area contributed by atoms with Crippen LogP contribution in [0.3, 0.4) is 0 Å². The Kier molecular flexibility index (Phi) is 4.90. The fourth-order valence-corrected chi connectivity index (χ4v) is 4.06. The van der Waals surface area contributed by atoms with Crippen molar-refractivity contribution in [2.75, 3.05) is 13.1 Å². The van der Waals surface area contributed by atoms with Gasteiger partial charge in [0, 0.05) is 22.8 Å². The lowest BCUT2D eigenvalue weighted by atomic mass is 10.2. The van der Waals surface area contributed by atoms with Crippen LogP contribution in [0.25, 0.3) is 10.4 Å². The average Bonchev–Trinajstić information content (AvgIpc) is 3.18. The lowest BCUT2D eigenvalue weighted by Gasteiger charge is -2.22. The maximum atomic E-state index is 12.1. The molecule has 0 radical (unpaired) electrons. The van der Waals surface area contributed by atoms with Crippen molar-refractivity contribution in [2.45, 2.75) is 32.4 Å². The molecule has 0 spiro atoms. The van der Waals surface area contributed by atoms with Gasteiger partial charge in [-0.05, 0) is 44.0 Å². The zero-order chi connectivity index (χ0) is 15.4. The average molecular weight is 314 g/mol. The van der Waals surface area contributed by atoms with Gasteiger partial charge in [0.2, 0.25) is 5.91 Å². The lowest BCUT2D eigenvalue weighted by Crippen LogP contribution is -2.42. The van der Waals surface area contributed by atoms with Crippen LogP contribution in [-0.2, 0) is 11.3 Å². The van der Waals surface area contributed by atoms with E-state index >= 15 is 0 Å². The molecule has 116 valence electrons. The molecule has 0 aliphatic carbocycles. The first-order valence-corrected chi connectivity index (χ1v) is 8.75. The molecular weight excluding hydrogens is 292 g/mol. The van der Waals surface area contributed by atoms with Gasteiger partial charge in [0.15, 0.2) is 0 Å². The van der Waals surface area contributed by atoms with Crippen molar-refractivity contribution in [3.63, 3.8) is 0 Å². The lowest BCUT2D eigenvalue weighted by molar-refractivity contribution is -0.125. The fourth-order valence-electron chi connectivity index (χ4n) is 3.02. The van der Waals surface area contributed by atoms with E-state index in [0.29, 0.717) is 6.54 Å². The number of carbonyl (C=O) groups excluding carboxylic acids is 1. The summed E-state index contributed by atoms with van der Waals surface area (Å²) in [6.07, 6.45) is 2.08. The number of likely N-dealkylation sites (N-methyl/N-ethyl adjacent to an activating group) is 1. The Labute approximate surface area is 136 Å². The van der Waals surface area contributed by atoms with E-state index in [1.54, 1.807) is 0 Å². The van der Waals surface area contributed by atoms with Crippen molar-refractivity contribution < 1.29 is 4.79 Å². The van der Waals surface area contributed by atoms with Gasteiger partial charge in [-0.25, -0.2) is 0 Å². The molecule has 1 fully saturated rings. The van der Waals surface area contributed by atoms with E-state index in [-0.39, 0.29) is 11.9 Å². The van der Waals surface area contributed by atoms with Crippen molar-refractivity contribution in [1.29, 1.82) is 0 Å². The highest BCUT2D eigenvalue weighted by Gasteiger charge is 2.30. The number of amides is 1. The predicted octanol–water partition coefficient (Wildman–Crippen LogP) is 3.52. The Morgan fingerprint density at radius 2 is 2.09 bits per heavy atom. The third kappa shape index (κ3) is 3.39. The normalized spacial score (nSPS) is 18.5. The standard InChI is InChI=1S/C18H22N2OS/c1-2-19-18(21)16-9-6-12-20(16)13-15-10-11-17(22-15)14-7-4-3-5-8-14/h3-5,7-8,10-11,16H,2,6,9,12-13H2,1H3,(H,19,21)/t16-/m0/s1. The molecule has 2 aromatic rings. The largest absolute Gasteiger partial charge is 0.355 e. The summed E-state index contributed by atoms with van der Waals surface area (Å²) >= 11 is 1.83. The number of nitrogens with one attached hydrogen (secondary N) is 1. The Morgan fingerprint density at radius 1 is 1.27 bits per heavy atom. The van der Waals surface area contributed by atoms with Crippen LogP contribution >= 0.6 is 11.3 Å². The molecule has 1 amide bonds. The van der Waals surface area contributed by atoms with Crippen molar-refractivity contribution in [1.82, 2.24) is 10.2 Å². The van der Waals surface area contributed by atoms with Gasteiger partial charge in [-0.2, -0.15) is 0 Å². The molecule has 0 unspecified atom stereocenters. The molecule has 1 aliphatic rings. The van der Waals surface area contributed by atoms with Gasteiger partial charge < -0.3 is 5.32 Å². The van der Waals surface area contributed by atoms with Gasteiger partial charge >= 0.3 is 0 Å². The van der Waals surface area contributed by atoms with E-state index in [9.17, 15) is 4.79 Å².